The maximum Gasteiger partial charge on any atom is 0.253 e. The van der Waals surface area contributed by atoms with Crippen LogP contribution in [0, 0.1) is 11.7 Å². The highest BCUT2D eigenvalue weighted by molar-refractivity contribution is 7.89. The lowest BCUT2D eigenvalue weighted by Crippen LogP contribution is -2.47. The van der Waals surface area contributed by atoms with E-state index >= 15 is 0 Å². The van der Waals surface area contributed by atoms with Crippen LogP contribution < -0.4 is 9.47 Å². The number of hydrogen-bond donors (Lipinski definition) is 1. The van der Waals surface area contributed by atoms with Gasteiger partial charge in [0.2, 0.25) is 16.8 Å². The van der Waals surface area contributed by atoms with Gasteiger partial charge in [0.25, 0.3) is 5.91 Å². The predicted octanol–water partition coefficient (Wildman–Crippen LogP) is 2.35. The van der Waals surface area contributed by atoms with Crippen LogP contribution in [0.3, 0.4) is 0 Å². The van der Waals surface area contributed by atoms with Crippen LogP contribution in [0.2, 0.25) is 0 Å². The molecule has 3 atom stereocenters. The summed E-state index contributed by atoms with van der Waals surface area (Å²) in [6.07, 6.45) is -0.505. The van der Waals surface area contributed by atoms with Gasteiger partial charge in [-0.3, -0.25) is 4.79 Å². The maximum absolute atomic E-state index is 13.3. The number of halogens is 1. The number of amides is 1. The van der Waals surface area contributed by atoms with Gasteiger partial charge in [-0.2, -0.15) is 4.31 Å². The first kappa shape index (κ1) is 26.9. The van der Waals surface area contributed by atoms with Crippen molar-refractivity contribution < 1.29 is 36.9 Å². The van der Waals surface area contributed by atoms with E-state index in [1.54, 1.807) is 32.2 Å². The van der Waals surface area contributed by atoms with Crippen molar-refractivity contribution in [2.45, 2.75) is 30.9 Å². The minimum Gasteiger partial charge on any atom is -0.454 e. The molecule has 0 aromatic heterocycles. The quantitative estimate of drug-likeness (QED) is 0.495. The van der Waals surface area contributed by atoms with Gasteiger partial charge >= 0.3 is 0 Å². The van der Waals surface area contributed by atoms with E-state index in [-0.39, 0.29) is 36.6 Å². The standard InChI is InChI=1S/C24H31FN2O7S/c1-16(12-27(17(2)14-28)35(30,31)20-8-6-19(25)7-9-20)23(32-4)13-26(3)24(29)18-5-10-21-22(11-18)34-15-33-21/h5-11,16-17,23,28H,12-15H2,1-4H3/t16-,17+,23+/m0/s1. The van der Waals surface area contributed by atoms with Crippen molar-refractivity contribution >= 4 is 15.9 Å². The fraction of sp³-hybridized carbons (Fsp3) is 0.458. The van der Waals surface area contributed by atoms with Gasteiger partial charge in [0.15, 0.2) is 11.5 Å². The molecule has 1 aliphatic heterocycles. The number of benzene rings is 2. The Bertz CT molecular complexity index is 1130. The molecule has 0 aliphatic carbocycles. The molecule has 11 heteroatoms. The Kier molecular flexibility index (Phi) is 8.70. The lowest BCUT2D eigenvalue weighted by atomic mass is 10.0. The summed E-state index contributed by atoms with van der Waals surface area (Å²) in [5.74, 6) is -0.0735. The van der Waals surface area contributed by atoms with Gasteiger partial charge < -0.3 is 24.2 Å². The fourth-order valence-electron chi connectivity index (χ4n) is 3.84. The molecule has 0 saturated carbocycles. The van der Waals surface area contributed by atoms with E-state index in [1.165, 1.54) is 28.4 Å². The predicted molar refractivity (Wildman–Crippen MR) is 126 cm³/mol. The number of hydrogen-bond acceptors (Lipinski definition) is 7. The first-order chi connectivity index (χ1) is 16.6. The highest BCUT2D eigenvalue weighted by Gasteiger charge is 2.33. The molecule has 0 spiro atoms. The van der Waals surface area contributed by atoms with E-state index in [4.69, 9.17) is 14.2 Å². The number of carbonyl (C=O) groups excluding carboxylic acids is 1. The smallest absolute Gasteiger partial charge is 0.253 e. The van der Waals surface area contributed by atoms with Crippen LogP contribution in [0.5, 0.6) is 11.5 Å². The molecule has 9 nitrogen and oxygen atoms in total. The van der Waals surface area contributed by atoms with Crippen molar-refractivity contribution in [3.05, 3.63) is 53.8 Å². The summed E-state index contributed by atoms with van der Waals surface area (Å²) in [6.45, 7) is 3.33. The van der Waals surface area contributed by atoms with Gasteiger partial charge in [-0.05, 0) is 55.3 Å². The Morgan fingerprint density at radius 1 is 1.11 bits per heavy atom. The molecule has 2 aromatic carbocycles. The molecule has 3 rings (SSSR count). The highest BCUT2D eigenvalue weighted by Crippen LogP contribution is 2.33. The minimum absolute atomic E-state index is 0.0198. The van der Waals surface area contributed by atoms with Crippen LogP contribution in [-0.4, -0.2) is 81.4 Å². The van der Waals surface area contributed by atoms with E-state index in [0.717, 1.165) is 12.1 Å². The molecule has 1 N–H and O–H groups in total. The third-order valence-electron chi connectivity index (χ3n) is 6.00. The van der Waals surface area contributed by atoms with Crippen molar-refractivity contribution in [2.75, 3.05) is 40.6 Å². The summed E-state index contributed by atoms with van der Waals surface area (Å²) in [5, 5.41) is 9.71. The molecule has 192 valence electrons. The molecule has 0 bridgehead atoms. The van der Waals surface area contributed by atoms with Gasteiger partial charge in [-0.15, -0.1) is 0 Å². The topological polar surface area (TPSA) is 106 Å². The third-order valence-corrected chi connectivity index (χ3v) is 8.00. The number of likely N-dealkylation sites (N-methyl/N-ethyl adjacent to an activating group) is 1. The molecule has 35 heavy (non-hydrogen) atoms. The Hall–Kier alpha value is -2.73. The number of nitrogens with zero attached hydrogens (tertiary/aromatic N) is 2. The summed E-state index contributed by atoms with van der Waals surface area (Å²) < 4.78 is 57.3. The zero-order valence-corrected chi connectivity index (χ0v) is 21.0. The van der Waals surface area contributed by atoms with Gasteiger partial charge in [0.1, 0.15) is 5.82 Å². The van der Waals surface area contributed by atoms with Crippen molar-refractivity contribution in [1.29, 1.82) is 0 Å². The van der Waals surface area contributed by atoms with Crippen LogP contribution in [0.25, 0.3) is 0 Å². The molecule has 1 aliphatic rings. The van der Waals surface area contributed by atoms with E-state index in [1.807, 2.05) is 6.92 Å². The molecular formula is C24H31FN2O7S. The molecule has 2 aromatic rings. The van der Waals surface area contributed by atoms with Gasteiger partial charge in [0.05, 0.1) is 17.6 Å². The molecular weight excluding hydrogens is 479 g/mol. The SMILES string of the molecule is CO[C@H](CN(C)C(=O)c1ccc2c(c1)OCO2)[C@@H](C)CN([C@H](C)CO)S(=O)(=O)c1ccc(F)cc1. The molecule has 1 heterocycles. The zero-order chi connectivity index (χ0) is 25.8. The van der Waals surface area contributed by atoms with Crippen LogP contribution in [0.4, 0.5) is 4.39 Å². The van der Waals surface area contributed by atoms with Gasteiger partial charge in [-0.1, -0.05) is 6.92 Å². The van der Waals surface area contributed by atoms with Gasteiger partial charge in [0, 0.05) is 38.9 Å². The minimum atomic E-state index is -4.01. The van der Waals surface area contributed by atoms with Crippen molar-refractivity contribution in [3.63, 3.8) is 0 Å². The average molecular weight is 511 g/mol. The summed E-state index contributed by atoms with van der Waals surface area (Å²) in [5.41, 5.74) is 0.425. The van der Waals surface area contributed by atoms with E-state index in [0.29, 0.717) is 17.1 Å². The first-order valence-corrected chi connectivity index (χ1v) is 12.6. The van der Waals surface area contributed by atoms with E-state index in [9.17, 15) is 22.7 Å². The van der Waals surface area contributed by atoms with Crippen molar-refractivity contribution in [2.24, 2.45) is 5.92 Å². The maximum atomic E-state index is 13.3. The second-order valence-electron chi connectivity index (χ2n) is 8.57. The number of rotatable bonds is 11. The summed E-state index contributed by atoms with van der Waals surface area (Å²) in [6, 6.07) is 8.76. The number of aliphatic hydroxyl groups is 1. The van der Waals surface area contributed by atoms with Crippen LogP contribution in [0.15, 0.2) is 47.4 Å². The van der Waals surface area contributed by atoms with E-state index < -0.39 is 34.6 Å². The summed E-state index contributed by atoms with van der Waals surface area (Å²) in [7, 11) is -0.886. The van der Waals surface area contributed by atoms with Crippen LogP contribution >= 0.6 is 0 Å². The first-order valence-electron chi connectivity index (χ1n) is 11.1. The summed E-state index contributed by atoms with van der Waals surface area (Å²) >= 11 is 0. The third kappa shape index (κ3) is 6.10. The Balaban J connectivity index is 1.73. The lowest BCUT2D eigenvalue weighted by Gasteiger charge is -2.33. The number of aliphatic hydroxyl groups excluding tert-OH is 1. The molecule has 0 unspecified atom stereocenters. The van der Waals surface area contributed by atoms with Crippen LogP contribution in [0.1, 0.15) is 24.2 Å². The fourth-order valence-corrected chi connectivity index (χ4v) is 5.56. The molecule has 0 fully saturated rings. The number of sulfonamides is 1. The van der Waals surface area contributed by atoms with Crippen molar-refractivity contribution in [1.82, 2.24) is 9.21 Å². The average Bonchev–Trinajstić information content (AvgIpc) is 3.32. The second kappa shape index (κ2) is 11.3. The molecule has 0 radical (unpaired) electrons. The number of fused-ring (bicyclic) bond motifs is 1. The highest BCUT2D eigenvalue weighted by atomic mass is 32.2. The van der Waals surface area contributed by atoms with Crippen molar-refractivity contribution in [3.8, 4) is 11.5 Å². The van der Waals surface area contributed by atoms with Gasteiger partial charge in [-0.25, -0.2) is 12.8 Å². The number of methoxy groups -OCH3 is 1. The van der Waals surface area contributed by atoms with E-state index in [2.05, 4.69) is 0 Å². The second-order valence-corrected chi connectivity index (χ2v) is 10.5. The molecule has 0 saturated heterocycles. The van der Waals surface area contributed by atoms with Crippen LogP contribution in [-0.2, 0) is 14.8 Å². The monoisotopic (exact) mass is 510 g/mol. The summed E-state index contributed by atoms with van der Waals surface area (Å²) in [4.78, 5) is 14.4. The number of carbonyl (C=O) groups is 1. The molecule has 1 amide bonds. The normalized spacial score (nSPS) is 15.6. The lowest BCUT2D eigenvalue weighted by molar-refractivity contribution is 0.0221. The zero-order valence-electron chi connectivity index (χ0n) is 20.2. The Morgan fingerprint density at radius 3 is 2.40 bits per heavy atom. The Labute approximate surface area is 205 Å². The Morgan fingerprint density at radius 2 is 1.77 bits per heavy atom. The largest absolute Gasteiger partial charge is 0.454 e. The number of ether oxygens (including phenoxy) is 3.